The number of hydrogen-bond donors (Lipinski definition) is 0. The fraction of sp³-hybridized carbons (Fsp3) is 0.108. The third-order valence-electron chi connectivity index (χ3n) is 7.83. The van der Waals surface area contributed by atoms with E-state index >= 15 is 0 Å². The highest BCUT2D eigenvalue weighted by Crippen LogP contribution is 2.52. The van der Waals surface area contributed by atoms with Gasteiger partial charge in [0.15, 0.2) is 11.5 Å². The van der Waals surface area contributed by atoms with E-state index in [1.54, 1.807) is 14.2 Å². The lowest BCUT2D eigenvalue weighted by molar-refractivity contribution is 0.394. The van der Waals surface area contributed by atoms with E-state index in [1.165, 1.54) is 5.56 Å². The number of aryl methyl sites for hydroxylation is 2. The molecule has 0 spiro atoms. The zero-order chi connectivity index (χ0) is 28.8. The number of hydrogen-bond acceptors (Lipinski definition) is 5. The number of aromatic nitrogens is 1. The minimum atomic E-state index is 0.732. The predicted molar refractivity (Wildman–Crippen MR) is 170 cm³/mol. The Morgan fingerprint density at radius 2 is 1.24 bits per heavy atom. The minimum absolute atomic E-state index is 0.732. The van der Waals surface area contributed by atoms with Gasteiger partial charge in [-0.2, -0.15) is 0 Å². The van der Waals surface area contributed by atoms with E-state index in [0.717, 1.165) is 78.9 Å². The maximum absolute atomic E-state index is 6.32. The summed E-state index contributed by atoms with van der Waals surface area (Å²) in [5, 5.41) is 1.07. The summed E-state index contributed by atoms with van der Waals surface area (Å²) in [5.41, 5.74) is 10.1. The second-order valence-corrected chi connectivity index (χ2v) is 10.5. The Kier molecular flexibility index (Phi) is 6.28. The van der Waals surface area contributed by atoms with E-state index in [0.29, 0.717) is 0 Å². The maximum Gasteiger partial charge on any atom is 0.151 e. The Morgan fingerprint density at radius 3 is 1.86 bits per heavy atom. The summed E-state index contributed by atoms with van der Waals surface area (Å²) in [6.45, 7) is 4.24. The van der Waals surface area contributed by atoms with Crippen molar-refractivity contribution < 1.29 is 14.2 Å². The van der Waals surface area contributed by atoms with Crippen LogP contribution < -0.4 is 19.1 Å². The highest BCUT2D eigenvalue weighted by Gasteiger charge is 2.28. The molecule has 0 amide bonds. The average molecular weight is 551 g/mol. The Morgan fingerprint density at radius 1 is 0.619 bits per heavy atom. The van der Waals surface area contributed by atoms with Crippen molar-refractivity contribution in [2.75, 3.05) is 19.1 Å². The Labute approximate surface area is 245 Å². The van der Waals surface area contributed by atoms with Crippen LogP contribution in [0.1, 0.15) is 11.1 Å². The third kappa shape index (κ3) is 4.31. The number of ether oxygens (including phenoxy) is 3. The number of fused-ring (bicyclic) bond motifs is 3. The van der Waals surface area contributed by atoms with E-state index in [4.69, 9.17) is 19.2 Å². The van der Waals surface area contributed by atoms with Crippen LogP contribution >= 0.6 is 0 Å². The van der Waals surface area contributed by atoms with Gasteiger partial charge in [-0.1, -0.05) is 60.2 Å². The molecule has 0 aliphatic carbocycles. The van der Waals surface area contributed by atoms with Crippen LogP contribution in [0.25, 0.3) is 33.3 Å². The SMILES string of the molecule is COc1cc(OC)cc(-c2cc(-c3ccc(C)cc3)nc3c(N4c5ccccc5Oc5ccccc54)ccc(C)c23)c1. The van der Waals surface area contributed by atoms with Gasteiger partial charge in [0.05, 0.1) is 42.5 Å². The average Bonchev–Trinajstić information content (AvgIpc) is 3.03. The van der Waals surface area contributed by atoms with E-state index in [-0.39, 0.29) is 0 Å². The van der Waals surface area contributed by atoms with Gasteiger partial charge in [-0.05, 0) is 79.1 Å². The molecule has 0 unspecified atom stereocenters. The van der Waals surface area contributed by atoms with Crippen molar-refractivity contribution >= 4 is 28.0 Å². The van der Waals surface area contributed by atoms with Crippen molar-refractivity contribution in [1.82, 2.24) is 4.98 Å². The molecule has 1 aromatic heterocycles. The van der Waals surface area contributed by atoms with Crippen LogP contribution in [0.4, 0.5) is 17.1 Å². The van der Waals surface area contributed by atoms with Gasteiger partial charge in [-0.15, -0.1) is 0 Å². The first-order valence-corrected chi connectivity index (χ1v) is 13.9. The first kappa shape index (κ1) is 25.7. The van der Waals surface area contributed by atoms with Gasteiger partial charge >= 0.3 is 0 Å². The van der Waals surface area contributed by atoms with Gasteiger partial charge in [-0.3, -0.25) is 0 Å². The molecule has 1 aliphatic rings. The van der Waals surface area contributed by atoms with Gasteiger partial charge in [0.2, 0.25) is 0 Å². The van der Waals surface area contributed by atoms with Gasteiger partial charge in [0, 0.05) is 17.0 Å². The lowest BCUT2D eigenvalue weighted by Crippen LogP contribution is -2.16. The highest BCUT2D eigenvalue weighted by molar-refractivity contribution is 6.07. The van der Waals surface area contributed by atoms with Crippen LogP contribution in [0.2, 0.25) is 0 Å². The molecule has 0 radical (unpaired) electrons. The highest BCUT2D eigenvalue weighted by atomic mass is 16.5. The van der Waals surface area contributed by atoms with Crippen LogP contribution in [0.15, 0.2) is 109 Å². The molecule has 6 aromatic rings. The van der Waals surface area contributed by atoms with Crippen LogP contribution in [0.3, 0.4) is 0 Å². The third-order valence-corrected chi connectivity index (χ3v) is 7.83. The lowest BCUT2D eigenvalue weighted by atomic mass is 9.94. The topological polar surface area (TPSA) is 43.8 Å². The first-order valence-electron chi connectivity index (χ1n) is 13.9. The number of nitrogens with zero attached hydrogens (tertiary/aromatic N) is 2. The zero-order valence-corrected chi connectivity index (χ0v) is 24.0. The molecular weight excluding hydrogens is 520 g/mol. The number of benzene rings is 5. The Bertz CT molecular complexity index is 1900. The molecule has 42 heavy (non-hydrogen) atoms. The summed E-state index contributed by atoms with van der Waals surface area (Å²) in [7, 11) is 3.36. The number of para-hydroxylation sites is 4. The molecule has 0 fully saturated rings. The van der Waals surface area contributed by atoms with Gasteiger partial charge in [0.25, 0.3) is 0 Å². The minimum Gasteiger partial charge on any atom is -0.497 e. The first-order chi connectivity index (χ1) is 20.5. The second-order valence-electron chi connectivity index (χ2n) is 10.5. The number of rotatable bonds is 5. The molecule has 2 heterocycles. The standard InChI is InChI=1S/C37H30N2O3/c1-23-13-16-25(17-14-23)30-22-29(26-19-27(40-3)21-28(20-26)41-4)36-24(2)15-18-33(37(36)38-30)39-31-9-5-7-11-34(31)42-35-12-8-6-10-32(35)39/h5-22H,1-4H3. The summed E-state index contributed by atoms with van der Waals surface area (Å²) in [6, 6.07) is 37.3. The van der Waals surface area contributed by atoms with E-state index in [1.807, 2.05) is 42.5 Å². The van der Waals surface area contributed by atoms with Crippen molar-refractivity contribution in [2.24, 2.45) is 0 Å². The quantitative estimate of drug-likeness (QED) is 0.213. The summed E-state index contributed by atoms with van der Waals surface area (Å²) in [4.78, 5) is 7.65. The molecule has 206 valence electrons. The molecule has 0 bridgehead atoms. The Hall–Kier alpha value is -5.29. The largest absolute Gasteiger partial charge is 0.497 e. The van der Waals surface area contributed by atoms with Crippen molar-refractivity contribution in [3.05, 3.63) is 120 Å². The van der Waals surface area contributed by atoms with Crippen LogP contribution in [-0.4, -0.2) is 19.2 Å². The van der Waals surface area contributed by atoms with Gasteiger partial charge in [-0.25, -0.2) is 4.98 Å². The fourth-order valence-electron chi connectivity index (χ4n) is 5.70. The van der Waals surface area contributed by atoms with Gasteiger partial charge in [0.1, 0.15) is 11.5 Å². The molecule has 0 saturated carbocycles. The Balaban J connectivity index is 1.58. The molecule has 5 nitrogen and oxygen atoms in total. The molecule has 1 aliphatic heterocycles. The molecule has 5 aromatic carbocycles. The lowest BCUT2D eigenvalue weighted by Gasteiger charge is -2.33. The van der Waals surface area contributed by atoms with Crippen molar-refractivity contribution in [2.45, 2.75) is 13.8 Å². The smallest absolute Gasteiger partial charge is 0.151 e. The van der Waals surface area contributed by atoms with Crippen molar-refractivity contribution in [1.29, 1.82) is 0 Å². The van der Waals surface area contributed by atoms with E-state index < -0.39 is 0 Å². The summed E-state index contributed by atoms with van der Waals surface area (Å²) in [5.74, 6) is 3.07. The monoisotopic (exact) mass is 550 g/mol. The molecule has 0 N–H and O–H groups in total. The van der Waals surface area contributed by atoms with Crippen molar-refractivity contribution in [3.8, 4) is 45.4 Å². The van der Waals surface area contributed by atoms with E-state index in [9.17, 15) is 0 Å². The molecule has 5 heteroatoms. The maximum atomic E-state index is 6.32. The van der Waals surface area contributed by atoms with Crippen LogP contribution in [-0.2, 0) is 0 Å². The number of pyridine rings is 1. The second kappa shape index (κ2) is 10.3. The van der Waals surface area contributed by atoms with E-state index in [2.05, 4.69) is 85.5 Å². The normalized spacial score (nSPS) is 12.0. The van der Waals surface area contributed by atoms with Crippen LogP contribution in [0.5, 0.6) is 23.0 Å². The molecule has 0 saturated heterocycles. The molecular formula is C37H30N2O3. The molecule has 0 atom stereocenters. The zero-order valence-electron chi connectivity index (χ0n) is 24.0. The number of anilines is 3. The predicted octanol–water partition coefficient (Wildman–Crippen LogP) is 9.78. The number of methoxy groups -OCH3 is 2. The molecule has 7 rings (SSSR count). The van der Waals surface area contributed by atoms with Crippen molar-refractivity contribution in [3.63, 3.8) is 0 Å². The summed E-state index contributed by atoms with van der Waals surface area (Å²) in [6.07, 6.45) is 0. The summed E-state index contributed by atoms with van der Waals surface area (Å²) < 4.78 is 17.7. The van der Waals surface area contributed by atoms with Crippen LogP contribution in [0, 0.1) is 13.8 Å². The van der Waals surface area contributed by atoms with Gasteiger partial charge < -0.3 is 19.1 Å². The summed E-state index contributed by atoms with van der Waals surface area (Å²) >= 11 is 0. The fourth-order valence-corrected chi connectivity index (χ4v) is 5.70.